The van der Waals surface area contributed by atoms with E-state index in [0.717, 1.165) is 0 Å². The minimum Gasteiger partial charge on any atom is -0.372 e. The van der Waals surface area contributed by atoms with Crippen LogP contribution < -0.4 is 16.0 Å². The molecule has 0 spiro atoms. The number of carbonyl (C=O) groups excluding carboxylic acids is 1. The number of hydrogen-bond donors (Lipinski definition) is 3. The zero-order chi connectivity index (χ0) is 14.4. The van der Waals surface area contributed by atoms with E-state index in [-0.39, 0.29) is 12.5 Å². The summed E-state index contributed by atoms with van der Waals surface area (Å²) in [6.45, 7) is 4.82. The molecule has 0 unspecified atom stereocenters. The van der Waals surface area contributed by atoms with E-state index in [4.69, 9.17) is 23.2 Å². The molecule has 0 fully saturated rings. The van der Waals surface area contributed by atoms with Crippen molar-refractivity contribution in [2.45, 2.75) is 13.8 Å². The number of nitrogens with one attached hydrogen (secondary N) is 3. The molecule has 1 amide bonds. The third kappa shape index (κ3) is 5.12. The predicted octanol–water partition coefficient (Wildman–Crippen LogP) is 2.61. The Labute approximate surface area is 123 Å². The quantitative estimate of drug-likeness (QED) is 0.756. The van der Waals surface area contributed by atoms with E-state index in [0.29, 0.717) is 34.1 Å². The van der Waals surface area contributed by atoms with Crippen molar-refractivity contribution >= 4 is 40.7 Å². The van der Waals surface area contributed by atoms with Gasteiger partial charge in [0.2, 0.25) is 5.91 Å². The second-order valence-corrected chi connectivity index (χ2v) is 5.27. The van der Waals surface area contributed by atoms with Crippen molar-refractivity contribution in [1.29, 1.82) is 0 Å². The van der Waals surface area contributed by atoms with Crippen LogP contribution in [0.3, 0.4) is 0 Å². The molecule has 1 heterocycles. The first kappa shape index (κ1) is 15.9. The third-order valence-corrected chi connectivity index (χ3v) is 2.87. The average Bonchev–Trinajstić information content (AvgIpc) is 2.35. The number of pyridine rings is 1. The fourth-order valence-electron chi connectivity index (χ4n) is 1.31. The standard InChI is InChI=1S/C12H18Cl2N4O/c1-7(2)5-16-10(19)6-17-12-9(14)4-8(13)11(15-3)18-12/h4,7H,5-6H2,1-3H3,(H,16,19)(H2,15,17,18). The summed E-state index contributed by atoms with van der Waals surface area (Å²) in [7, 11) is 1.71. The van der Waals surface area contributed by atoms with Gasteiger partial charge in [-0.2, -0.15) is 0 Å². The van der Waals surface area contributed by atoms with Crippen LogP contribution in [0.2, 0.25) is 10.0 Å². The Morgan fingerprint density at radius 1 is 1.32 bits per heavy atom. The number of halogens is 2. The predicted molar refractivity (Wildman–Crippen MR) is 80.1 cm³/mol. The largest absolute Gasteiger partial charge is 0.372 e. The van der Waals surface area contributed by atoms with Crippen LogP contribution in [-0.4, -0.2) is 31.0 Å². The molecule has 5 nitrogen and oxygen atoms in total. The molecule has 0 radical (unpaired) electrons. The molecule has 1 aromatic heterocycles. The fraction of sp³-hybridized carbons (Fsp3) is 0.500. The number of anilines is 2. The first-order valence-corrected chi connectivity index (χ1v) is 6.74. The first-order chi connectivity index (χ1) is 8.93. The fourth-order valence-corrected chi connectivity index (χ4v) is 1.83. The molecule has 19 heavy (non-hydrogen) atoms. The maximum absolute atomic E-state index is 11.6. The van der Waals surface area contributed by atoms with E-state index in [1.165, 1.54) is 0 Å². The molecule has 3 N–H and O–H groups in total. The second-order valence-electron chi connectivity index (χ2n) is 4.45. The van der Waals surface area contributed by atoms with Gasteiger partial charge in [-0.25, -0.2) is 4.98 Å². The Hall–Kier alpha value is -1.20. The van der Waals surface area contributed by atoms with Gasteiger partial charge in [0.15, 0.2) is 0 Å². The van der Waals surface area contributed by atoms with Gasteiger partial charge in [-0.05, 0) is 12.0 Å². The van der Waals surface area contributed by atoms with Crippen LogP contribution in [-0.2, 0) is 4.79 Å². The minimum absolute atomic E-state index is 0.104. The van der Waals surface area contributed by atoms with E-state index >= 15 is 0 Å². The van der Waals surface area contributed by atoms with Crippen LogP contribution >= 0.6 is 23.2 Å². The lowest BCUT2D eigenvalue weighted by Crippen LogP contribution is -2.32. The maximum Gasteiger partial charge on any atom is 0.239 e. The highest BCUT2D eigenvalue weighted by Crippen LogP contribution is 2.28. The summed E-state index contributed by atoms with van der Waals surface area (Å²) >= 11 is 11.9. The number of nitrogens with zero attached hydrogens (tertiary/aromatic N) is 1. The van der Waals surface area contributed by atoms with Gasteiger partial charge in [-0.3, -0.25) is 4.79 Å². The van der Waals surface area contributed by atoms with Gasteiger partial charge in [0.25, 0.3) is 0 Å². The summed E-state index contributed by atoms with van der Waals surface area (Å²) in [6.07, 6.45) is 0. The lowest BCUT2D eigenvalue weighted by atomic mass is 10.2. The van der Waals surface area contributed by atoms with E-state index in [1.54, 1.807) is 13.1 Å². The van der Waals surface area contributed by atoms with Crippen LogP contribution in [0.1, 0.15) is 13.8 Å². The Morgan fingerprint density at radius 2 is 1.95 bits per heavy atom. The molecule has 7 heteroatoms. The van der Waals surface area contributed by atoms with Crippen molar-refractivity contribution < 1.29 is 4.79 Å². The molecule has 0 aromatic carbocycles. The zero-order valence-electron chi connectivity index (χ0n) is 11.2. The molecular formula is C12H18Cl2N4O. The number of rotatable bonds is 6. The highest BCUT2D eigenvalue weighted by Gasteiger charge is 2.09. The normalized spacial score (nSPS) is 10.4. The lowest BCUT2D eigenvalue weighted by molar-refractivity contribution is -0.119. The Kier molecular flexibility index (Phi) is 6.18. The summed E-state index contributed by atoms with van der Waals surface area (Å²) in [5.74, 6) is 1.25. The van der Waals surface area contributed by atoms with Gasteiger partial charge in [0.05, 0.1) is 16.6 Å². The van der Waals surface area contributed by atoms with Gasteiger partial charge in [0.1, 0.15) is 11.6 Å². The summed E-state index contributed by atoms with van der Waals surface area (Å²) in [4.78, 5) is 15.8. The van der Waals surface area contributed by atoms with Crippen molar-refractivity contribution in [2.75, 3.05) is 30.8 Å². The smallest absolute Gasteiger partial charge is 0.239 e. The topological polar surface area (TPSA) is 66.0 Å². The summed E-state index contributed by atoms with van der Waals surface area (Å²) in [5, 5.41) is 9.34. The van der Waals surface area contributed by atoms with Crippen LogP contribution in [0.5, 0.6) is 0 Å². The van der Waals surface area contributed by atoms with E-state index in [2.05, 4.69) is 20.9 Å². The van der Waals surface area contributed by atoms with E-state index < -0.39 is 0 Å². The van der Waals surface area contributed by atoms with Crippen LogP contribution in [0.15, 0.2) is 6.07 Å². The molecule has 0 aliphatic carbocycles. The van der Waals surface area contributed by atoms with E-state index in [1.807, 2.05) is 13.8 Å². The molecular weight excluding hydrogens is 287 g/mol. The van der Waals surface area contributed by atoms with Crippen molar-refractivity contribution in [3.8, 4) is 0 Å². The average molecular weight is 305 g/mol. The SMILES string of the molecule is CNc1nc(NCC(=O)NCC(C)C)c(Cl)cc1Cl. The number of aromatic nitrogens is 1. The van der Waals surface area contributed by atoms with Crippen LogP contribution in [0.25, 0.3) is 0 Å². The lowest BCUT2D eigenvalue weighted by Gasteiger charge is -2.11. The van der Waals surface area contributed by atoms with Crippen LogP contribution in [0.4, 0.5) is 11.6 Å². The molecule has 1 aromatic rings. The Morgan fingerprint density at radius 3 is 2.53 bits per heavy atom. The highest BCUT2D eigenvalue weighted by molar-refractivity contribution is 6.37. The molecule has 1 rings (SSSR count). The van der Waals surface area contributed by atoms with Crippen molar-refractivity contribution in [2.24, 2.45) is 5.92 Å². The summed E-state index contributed by atoms with van der Waals surface area (Å²) < 4.78 is 0. The number of carbonyl (C=O) groups is 1. The van der Waals surface area contributed by atoms with Crippen molar-refractivity contribution in [3.05, 3.63) is 16.1 Å². The minimum atomic E-state index is -0.104. The molecule has 0 atom stereocenters. The Balaban J connectivity index is 2.60. The van der Waals surface area contributed by atoms with Crippen molar-refractivity contribution in [3.63, 3.8) is 0 Å². The highest BCUT2D eigenvalue weighted by atomic mass is 35.5. The van der Waals surface area contributed by atoms with Gasteiger partial charge >= 0.3 is 0 Å². The molecule has 0 aliphatic rings. The van der Waals surface area contributed by atoms with Gasteiger partial charge in [-0.1, -0.05) is 37.0 Å². The van der Waals surface area contributed by atoms with Gasteiger partial charge < -0.3 is 16.0 Å². The number of amides is 1. The third-order valence-electron chi connectivity index (χ3n) is 2.29. The second kappa shape index (κ2) is 7.40. The molecule has 0 saturated heterocycles. The maximum atomic E-state index is 11.6. The van der Waals surface area contributed by atoms with Crippen molar-refractivity contribution in [1.82, 2.24) is 10.3 Å². The van der Waals surface area contributed by atoms with Gasteiger partial charge in [0, 0.05) is 13.6 Å². The summed E-state index contributed by atoms with van der Waals surface area (Å²) in [6, 6.07) is 1.58. The number of hydrogen-bond acceptors (Lipinski definition) is 4. The Bertz CT molecular complexity index is 452. The van der Waals surface area contributed by atoms with E-state index in [9.17, 15) is 4.79 Å². The molecule has 106 valence electrons. The monoisotopic (exact) mass is 304 g/mol. The van der Waals surface area contributed by atoms with Crippen LogP contribution in [0, 0.1) is 5.92 Å². The molecule has 0 aliphatic heterocycles. The molecule has 0 saturated carbocycles. The summed E-state index contributed by atoms with van der Waals surface area (Å²) in [5.41, 5.74) is 0. The zero-order valence-corrected chi connectivity index (χ0v) is 12.7. The van der Waals surface area contributed by atoms with Gasteiger partial charge in [-0.15, -0.1) is 0 Å². The first-order valence-electron chi connectivity index (χ1n) is 5.98. The molecule has 0 bridgehead atoms.